The van der Waals surface area contributed by atoms with Gasteiger partial charge in [-0.1, -0.05) is 42.5 Å². The number of fused-ring (bicyclic) bond motifs is 2. The summed E-state index contributed by atoms with van der Waals surface area (Å²) in [5, 5.41) is 13.6. The van der Waals surface area contributed by atoms with Gasteiger partial charge in [0.15, 0.2) is 0 Å². The maximum Gasteiger partial charge on any atom is 0.291 e. The lowest BCUT2D eigenvalue weighted by atomic mass is 10.1. The highest BCUT2D eigenvalue weighted by Gasteiger charge is 2.29. The number of likely N-dealkylation sites (tertiary alicyclic amines) is 1. The zero-order valence-corrected chi connectivity index (χ0v) is 19.9. The smallest absolute Gasteiger partial charge is 0.291 e. The molecule has 1 saturated heterocycles. The fourth-order valence-electron chi connectivity index (χ4n) is 4.85. The molecule has 0 aliphatic carbocycles. The van der Waals surface area contributed by atoms with Crippen LogP contribution in [0.1, 0.15) is 24.0 Å². The van der Waals surface area contributed by atoms with Gasteiger partial charge in [-0.05, 0) is 61.7 Å². The van der Waals surface area contributed by atoms with Crippen molar-refractivity contribution in [2.45, 2.75) is 31.9 Å². The monoisotopic (exact) mass is 477 g/mol. The highest BCUT2D eigenvalue weighted by atomic mass is 16.9. The normalized spacial score (nSPS) is 16.7. The van der Waals surface area contributed by atoms with Crippen molar-refractivity contribution in [1.29, 1.82) is 0 Å². The molecule has 3 aromatic rings. The number of para-hydroxylation sites is 3. The van der Waals surface area contributed by atoms with Gasteiger partial charge in [-0.25, -0.2) is 0 Å². The lowest BCUT2D eigenvalue weighted by Gasteiger charge is -2.32. The van der Waals surface area contributed by atoms with Crippen molar-refractivity contribution in [3.05, 3.63) is 94.0 Å². The third kappa shape index (κ3) is 6.22. The molecule has 2 aliphatic heterocycles. The molecule has 3 aromatic carbocycles. The molecule has 0 radical (unpaired) electrons. The SMILES string of the molecule is COc1ccc(CCN2CCC[C@@H]2CN2c3ccccc3COc3ccccc32)cc1.O=[N+]([O-])O. The van der Waals surface area contributed by atoms with Crippen molar-refractivity contribution in [3.8, 4) is 11.5 Å². The Balaban J connectivity index is 0.000000672. The van der Waals surface area contributed by atoms with Crippen LogP contribution in [0.2, 0.25) is 0 Å². The number of benzene rings is 3. The lowest BCUT2D eigenvalue weighted by molar-refractivity contribution is -0.742. The van der Waals surface area contributed by atoms with Gasteiger partial charge in [0.25, 0.3) is 5.09 Å². The van der Waals surface area contributed by atoms with Crippen molar-refractivity contribution in [3.63, 3.8) is 0 Å². The zero-order chi connectivity index (χ0) is 24.6. The Bertz CT molecular complexity index is 1070. The highest BCUT2D eigenvalue weighted by molar-refractivity contribution is 5.72. The van der Waals surface area contributed by atoms with E-state index in [0.717, 1.165) is 31.0 Å². The third-order valence-corrected chi connectivity index (χ3v) is 6.56. The van der Waals surface area contributed by atoms with Crippen LogP contribution in [0.3, 0.4) is 0 Å². The molecule has 8 heteroatoms. The Morgan fingerprint density at radius 1 is 1.06 bits per heavy atom. The van der Waals surface area contributed by atoms with Gasteiger partial charge in [-0.2, -0.15) is 0 Å². The minimum absolute atomic E-state index is 0.539. The van der Waals surface area contributed by atoms with E-state index in [2.05, 4.69) is 82.6 Å². The second-order valence-corrected chi connectivity index (χ2v) is 8.66. The minimum atomic E-state index is -1.50. The van der Waals surface area contributed by atoms with E-state index in [-0.39, 0.29) is 0 Å². The van der Waals surface area contributed by atoms with Crippen LogP contribution in [-0.4, -0.2) is 48.0 Å². The van der Waals surface area contributed by atoms with Gasteiger partial charge in [0, 0.05) is 30.4 Å². The van der Waals surface area contributed by atoms with Crippen molar-refractivity contribution in [2.75, 3.05) is 31.6 Å². The Hall–Kier alpha value is -3.78. The summed E-state index contributed by atoms with van der Waals surface area (Å²) in [6.07, 6.45) is 3.57. The van der Waals surface area contributed by atoms with Crippen molar-refractivity contribution in [2.24, 2.45) is 0 Å². The van der Waals surface area contributed by atoms with Gasteiger partial charge in [0.05, 0.1) is 12.8 Å². The summed E-state index contributed by atoms with van der Waals surface area (Å²) >= 11 is 0. The Morgan fingerprint density at radius 3 is 2.49 bits per heavy atom. The van der Waals surface area contributed by atoms with E-state index in [4.69, 9.17) is 24.8 Å². The molecule has 5 rings (SSSR count). The summed E-state index contributed by atoms with van der Waals surface area (Å²) < 4.78 is 11.4. The van der Waals surface area contributed by atoms with E-state index >= 15 is 0 Å². The molecule has 0 amide bonds. The molecule has 1 atom stereocenters. The predicted octanol–water partition coefficient (Wildman–Crippen LogP) is 5.09. The van der Waals surface area contributed by atoms with Gasteiger partial charge >= 0.3 is 0 Å². The summed E-state index contributed by atoms with van der Waals surface area (Å²) in [5.74, 6) is 1.89. The summed E-state index contributed by atoms with van der Waals surface area (Å²) in [4.78, 5) is 13.5. The molecular weight excluding hydrogens is 446 g/mol. The number of hydrogen-bond donors (Lipinski definition) is 1. The van der Waals surface area contributed by atoms with E-state index in [1.54, 1.807) is 7.11 Å². The van der Waals surface area contributed by atoms with Gasteiger partial charge < -0.3 is 19.6 Å². The zero-order valence-electron chi connectivity index (χ0n) is 19.9. The van der Waals surface area contributed by atoms with Crippen LogP contribution in [0.5, 0.6) is 11.5 Å². The number of hydrogen-bond acceptors (Lipinski definition) is 6. The second kappa shape index (κ2) is 11.6. The van der Waals surface area contributed by atoms with Crippen LogP contribution in [0, 0.1) is 10.1 Å². The molecule has 0 saturated carbocycles. The summed E-state index contributed by atoms with van der Waals surface area (Å²) in [7, 11) is 1.72. The average molecular weight is 478 g/mol. The fourth-order valence-corrected chi connectivity index (χ4v) is 4.85. The number of nitrogens with zero attached hydrogens (tertiary/aromatic N) is 3. The van der Waals surface area contributed by atoms with Crippen LogP contribution in [0.25, 0.3) is 0 Å². The predicted molar refractivity (Wildman–Crippen MR) is 134 cm³/mol. The molecule has 184 valence electrons. The first kappa shape index (κ1) is 24.3. The Kier molecular flexibility index (Phi) is 8.05. The molecule has 2 heterocycles. The van der Waals surface area contributed by atoms with Gasteiger partial charge in [-0.15, -0.1) is 10.1 Å². The molecular formula is C27H31N3O5. The molecule has 2 aliphatic rings. The molecule has 1 fully saturated rings. The topological polar surface area (TPSA) is 88.3 Å². The van der Waals surface area contributed by atoms with Gasteiger partial charge in [0.1, 0.15) is 18.1 Å². The molecule has 0 aromatic heterocycles. The summed E-state index contributed by atoms with van der Waals surface area (Å²) in [6.45, 7) is 3.87. The number of anilines is 2. The molecule has 0 unspecified atom stereocenters. The van der Waals surface area contributed by atoms with Crippen molar-refractivity contribution in [1.82, 2.24) is 4.90 Å². The van der Waals surface area contributed by atoms with Crippen LogP contribution in [0.4, 0.5) is 11.4 Å². The molecule has 8 nitrogen and oxygen atoms in total. The summed E-state index contributed by atoms with van der Waals surface area (Å²) in [6, 6.07) is 26.1. The largest absolute Gasteiger partial charge is 0.497 e. The Labute approximate surface area is 205 Å². The van der Waals surface area contributed by atoms with Crippen LogP contribution < -0.4 is 14.4 Å². The van der Waals surface area contributed by atoms with E-state index < -0.39 is 5.09 Å². The highest BCUT2D eigenvalue weighted by Crippen LogP contribution is 2.40. The first-order valence-corrected chi connectivity index (χ1v) is 11.8. The average Bonchev–Trinajstić information content (AvgIpc) is 3.25. The van der Waals surface area contributed by atoms with Crippen LogP contribution in [-0.2, 0) is 13.0 Å². The van der Waals surface area contributed by atoms with Gasteiger partial charge in [-0.3, -0.25) is 4.90 Å². The number of rotatable bonds is 6. The van der Waals surface area contributed by atoms with Crippen molar-refractivity contribution < 1.29 is 19.8 Å². The molecule has 0 bridgehead atoms. The van der Waals surface area contributed by atoms with E-state index in [1.165, 1.54) is 41.9 Å². The maximum absolute atomic E-state index is 8.36. The maximum atomic E-state index is 8.36. The molecule has 35 heavy (non-hydrogen) atoms. The third-order valence-electron chi connectivity index (χ3n) is 6.56. The quantitative estimate of drug-likeness (QED) is 0.391. The van der Waals surface area contributed by atoms with Gasteiger partial charge in [0.2, 0.25) is 0 Å². The number of ether oxygens (including phenoxy) is 2. The van der Waals surface area contributed by atoms with Crippen LogP contribution >= 0.6 is 0 Å². The van der Waals surface area contributed by atoms with E-state index in [0.29, 0.717) is 12.6 Å². The molecule has 1 N–H and O–H groups in total. The molecule has 0 spiro atoms. The standard InChI is InChI=1S/C27H30N2O2.HNO3/c1-30-24-14-12-21(13-15-24)16-18-28-17-6-8-23(28)19-29-25-9-3-2-7-22(25)20-31-27-11-5-4-10-26(27)29;2-1(3)4/h2-5,7,9-15,23H,6,8,16-20H2,1H3;(H,2,3,4)/t23-;/m1./s1. The minimum Gasteiger partial charge on any atom is -0.497 e. The second-order valence-electron chi connectivity index (χ2n) is 8.66. The first-order chi connectivity index (χ1) is 17.0. The number of methoxy groups -OCH3 is 1. The fraction of sp³-hybridized carbons (Fsp3) is 0.333. The van der Waals surface area contributed by atoms with Crippen LogP contribution in [0.15, 0.2) is 72.8 Å². The van der Waals surface area contributed by atoms with Crippen molar-refractivity contribution >= 4 is 11.4 Å². The van der Waals surface area contributed by atoms with E-state index in [9.17, 15) is 0 Å². The Morgan fingerprint density at radius 2 is 1.74 bits per heavy atom. The lowest BCUT2D eigenvalue weighted by Crippen LogP contribution is -2.39. The van der Waals surface area contributed by atoms with E-state index in [1.807, 2.05) is 0 Å². The summed E-state index contributed by atoms with van der Waals surface area (Å²) in [5.41, 5.74) is 5.07. The first-order valence-electron chi connectivity index (χ1n) is 11.8.